The van der Waals surface area contributed by atoms with Crippen LogP contribution in [0.2, 0.25) is 0 Å². The van der Waals surface area contributed by atoms with Crippen LogP contribution in [0.25, 0.3) is 0 Å². The van der Waals surface area contributed by atoms with E-state index in [2.05, 4.69) is 17.0 Å². The maximum Gasteiger partial charge on any atom is 0.339 e. The Hall–Kier alpha value is -4.54. The van der Waals surface area contributed by atoms with E-state index in [9.17, 15) is 19.5 Å². The van der Waals surface area contributed by atoms with Gasteiger partial charge in [0.25, 0.3) is 0 Å². The number of methoxy groups -OCH3 is 1. The molecule has 2 amide bonds. The summed E-state index contributed by atoms with van der Waals surface area (Å²) in [5.41, 5.74) is 14.4. The number of carbonyl (C=O) groups excluding carboxylic acids is 2. The Morgan fingerprint density at radius 3 is 2.27 bits per heavy atom. The molecule has 3 aromatic rings. The molecule has 0 aromatic heterocycles. The van der Waals surface area contributed by atoms with Gasteiger partial charge in [-0.3, -0.25) is 19.9 Å². The molecule has 0 aliphatic heterocycles. The number of rotatable bonds is 14. The van der Waals surface area contributed by atoms with E-state index in [1.165, 1.54) is 13.2 Å². The SMILES string of the molecule is C=NC(CNC(C)N(Cc1ccc(OC)c(C(=O)O)c1)C(=O)[C@@H](N)Cc1ccc(C(N)=O)cc1)c1ccccc1. The number of nitrogens with two attached hydrogens (primary N) is 2. The van der Waals surface area contributed by atoms with Crippen molar-refractivity contribution >= 4 is 24.5 Å². The van der Waals surface area contributed by atoms with Gasteiger partial charge in [0.1, 0.15) is 11.3 Å². The molecule has 0 heterocycles. The second-order valence-corrected chi connectivity index (χ2v) is 9.37. The first kappa shape index (κ1) is 30.0. The van der Waals surface area contributed by atoms with Gasteiger partial charge in [-0.25, -0.2) is 4.79 Å². The number of benzene rings is 3. The summed E-state index contributed by atoms with van der Waals surface area (Å²) >= 11 is 0. The van der Waals surface area contributed by atoms with Crippen LogP contribution in [-0.4, -0.2) is 60.4 Å². The summed E-state index contributed by atoms with van der Waals surface area (Å²) in [5.74, 6) is -1.80. The van der Waals surface area contributed by atoms with E-state index < -0.39 is 24.1 Å². The van der Waals surface area contributed by atoms with Crippen molar-refractivity contribution in [3.63, 3.8) is 0 Å². The first-order valence-electron chi connectivity index (χ1n) is 12.7. The van der Waals surface area contributed by atoms with E-state index in [0.29, 0.717) is 17.7 Å². The van der Waals surface area contributed by atoms with Gasteiger partial charge in [-0.1, -0.05) is 48.5 Å². The third-order valence-electron chi connectivity index (χ3n) is 6.62. The summed E-state index contributed by atoms with van der Waals surface area (Å²) in [5, 5.41) is 13.0. The summed E-state index contributed by atoms with van der Waals surface area (Å²) in [4.78, 5) is 42.7. The molecule has 2 unspecified atom stereocenters. The number of nitrogens with zero attached hydrogens (tertiary/aromatic N) is 2. The number of hydrogen-bond donors (Lipinski definition) is 4. The van der Waals surface area contributed by atoms with Gasteiger partial charge in [-0.05, 0) is 61.0 Å². The van der Waals surface area contributed by atoms with Crippen LogP contribution >= 0.6 is 0 Å². The number of aliphatic imine (C=N–C) groups is 1. The molecule has 0 aliphatic carbocycles. The number of carboxylic acid groups (broad SMARTS) is 1. The first-order chi connectivity index (χ1) is 19.1. The summed E-state index contributed by atoms with van der Waals surface area (Å²) in [7, 11) is 1.40. The van der Waals surface area contributed by atoms with Crippen molar-refractivity contribution in [2.45, 2.75) is 38.1 Å². The minimum absolute atomic E-state index is 0.00755. The third kappa shape index (κ3) is 7.75. The average Bonchev–Trinajstić information content (AvgIpc) is 2.96. The molecule has 10 heteroatoms. The molecule has 0 radical (unpaired) electrons. The lowest BCUT2D eigenvalue weighted by Crippen LogP contribution is -2.53. The molecule has 0 bridgehead atoms. The Morgan fingerprint density at radius 2 is 1.70 bits per heavy atom. The molecule has 0 spiro atoms. The van der Waals surface area contributed by atoms with E-state index in [-0.39, 0.29) is 36.2 Å². The highest BCUT2D eigenvalue weighted by molar-refractivity contribution is 5.93. The van der Waals surface area contributed by atoms with Gasteiger partial charge in [-0.15, -0.1) is 0 Å². The van der Waals surface area contributed by atoms with Crippen LogP contribution in [0.4, 0.5) is 0 Å². The summed E-state index contributed by atoms with van der Waals surface area (Å²) in [6.07, 6.45) is -0.260. The fraction of sp³-hybridized carbons (Fsp3) is 0.267. The van der Waals surface area contributed by atoms with Crippen LogP contribution in [0, 0.1) is 0 Å². The van der Waals surface area contributed by atoms with Crippen LogP contribution < -0.4 is 21.5 Å². The summed E-state index contributed by atoms with van der Waals surface area (Å²) in [6, 6.07) is 19.9. The highest BCUT2D eigenvalue weighted by atomic mass is 16.5. The van der Waals surface area contributed by atoms with Gasteiger partial charge >= 0.3 is 5.97 Å². The second kappa shape index (κ2) is 14.0. The smallest absolute Gasteiger partial charge is 0.339 e. The summed E-state index contributed by atoms with van der Waals surface area (Å²) in [6.45, 7) is 6.05. The van der Waals surface area contributed by atoms with Gasteiger partial charge in [0.05, 0.1) is 25.4 Å². The lowest BCUT2D eigenvalue weighted by molar-refractivity contribution is -0.136. The minimum Gasteiger partial charge on any atom is -0.496 e. The molecule has 0 aliphatic rings. The molecule has 3 atom stereocenters. The Balaban J connectivity index is 1.84. The highest BCUT2D eigenvalue weighted by Crippen LogP contribution is 2.22. The predicted molar refractivity (Wildman–Crippen MR) is 153 cm³/mol. The highest BCUT2D eigenvalue weighted by Gasteiger charge is 2.27. The summed E-state index contributed by atoms with van der Waals surface area (Å²) < 4.78 is 5.17. The van der Waals surface area contributed by atoms with Crippen molar-refractivity contribution in [1.82, 2.24) is 10.2 Å². The van der Waals surface area contributed by atoms with E-state index in [1.54, 1.807) is 41.3 Å². The van der Waals surface area contributed by atoms with Crippen LogP contribution in [0.3, 0.4) is 0 Å². The Bertz CT molecular complexity index is 1330. The van der Waals surface area contributed by atoms with Gasteiger partial charge in [0.15, 0.2) is 0 Å². The Kier molecular flexibility index (Phi) is 10.5. The van der Waals surface area contributed by atoms with Crippen molar-refractivity contribution in [2.24, 2.45) is 16.5 Å². The van der Waals surface area contributed by atoms with Crippen LogP contribution in [0.1, 0.15) is 50.4 Å². The first-order valence-corrected chi connectivity index (χ1v) is 12.7. The molecule has 0 fully saturated rings. The lowest BCUT2D eigenvalue weighted by atomic mass is 10.0. The topological polar surface area (TPSA) is 160 Å². The largest absolute Gasteiger partial charge is 0.496 e. The Labute approximate surface area is 233 Å². The van der Waals surface area contributed by atoms with Crippen molar-refractivity contribution < 1.29 is 24.2 Å². The van der Waals surface area contributed by atoms with Gasteiger partial charge < -0.3 is 26.2 Å². The zero-order chi connectivity index (χ0) is 29.2. The molecule has 40 heavy (non-hydrogen) atoms. The van der Waals surface area contributed by atoms with Gasteiger partial charge in [-0.2, -0.15) is 0 Å². The van der Waals surface area contributed by atoms with Crippen LogP contribution in [0.5, 0.6) is 5.75 Å². The van der Waals surface area contributed by atoms with Gasteiger partial charge in [0.2, 0.25) is 11.8 Å². The van der Waals surface area contributed by atoms with E-state index >= 15 is 0 Å². The van der Waals surface area contributed by atoms with E-state index in [0.717, 1.165) is 11.1 Å². The molecule has 0 saturated heterocycles. The standard InChI is InChI=1S/C30H35N5O5/c1-19(34-17-26(33-2)22-7-5-4-6-8-22)35(18-21-11-14-27(40-3)24(15-21)30(38)39)29(37)25(31)16-20-9-12-23(13-10-20)28(32)36/h4-15,19,25-26,34H,2,16-18,31H2,1,3H3,(H2,32,36)(H,38,39)/t19?,25-,26?/m0/s1. The predicted octanol–water partition coefficient (Wildman–Crippen LogP) is 2.77. The normalized spacial score (nSPS) is 13.1. The zero-order valence-electron chi connectivity index (χ0n) is 22.6. The van der Waals surface area contributed by atoms with Crippen LogP contribution in [0.15, 0.2) is 77.8 Å². The molecular formula is C30H35N5O5. The maximum atomic E-state index is 13.7. The zero-order valence-corrected chi connectivity index (χ0v) is 22.6. The van der Waals surface area contributed by atoms with Crippen LogP contribution in [-0.2, 0) is 17.8 Å². The van der Waals surface area contributed by atoms with E-state index in [1.807, 2.05) is 37.3 Å². The number of ether oxygens (including phenoxy) is 1. The monoisotopic (exact) mass is 545 g/mol. The Morgan fingerprint density at radius 1 is 1.05 bits per heavy atom. The molecule has 10 nitrogen and oxygen atoms in total. The second-order valence-electron chi connectivity index (χ2n) is 9.37. The molecule has 3 rings (SSSR count). The fourth-order valence-corrected chi connectivity index (χ4v) is 4.34. The molecular weight excluding hydrogens is 510 g/mol. The van der Waals surface area contributed by atoms with Crippen molar-refractivity contribution in [1.29, 1.82) is 0 Å². The number of aromatic carboxylic acids is 1. The molecule has 6 N–H and O–H groups in total. The third-order valence-corrected chi connectivity index (χ3v) is 6.62. The number of carboxylic acids is 1. The quantitative estimate of drug-likeness (QED) is 0.179. The minimum atomic E-state index is -1.14. The molecule has 3 aromatic carbocycles. The van der Waals surface area contributed by atoms with Crippen molar-refractivity contribution in [3.8, 4) is 5.75 Å². The van der Waals surface area contributed by atoms with Crippen molar-refractivity contribution in [3.05, 3.63) is 101 Å². The van der Waals surface area contributed by atoms with E-state index in [4.69, 9.17) is 16.2 Å². The number of nitrogens with one attached hydrogen (secondary N) is 1. The lowest BCUT2D eigenvalue weighted by Gasteiger charge is -2.33. The molecule has 210 valence electrons. The number of hydrogen-bond acceptors (Lipinski definition) is 7. The number of carbonyl (C=O) groups is 3. The molecule has 0 saturated carbocycles. The van der Waals surface area contributed by atoms with Crippen molar-refractivity contribution in [2.75, 3.05) is 13.7 Å². The average molecular weight is 546 g/mol. The number of amides is 2. The van der Waals surface area contributed by atoms with Gasteiger partial charge in [0, 0.05) is 18.7 Å². The fourth-order valence-electron chi connectivity index (χ4n) is 4.34. The maximum absolute atomic E-state index is 13.7. The number of primary amides is 1.